The molecule has 1 saturated heterocycles. The number of aromatic nitrogens is 1. The zero-order valence-corrected chi connectivity index (χ0v) is 10.8. The van der Waals surface area contributed by atoms with Gasteiger partial charge in [-0.05, 0) is 13.3 Å². The van der Waals surface area contributed by atoms with Gasteiger partial charge in [-0.2, -0.15) is 0 Å². The largest absolute Gasteiger partial charge is 0.480 e. The molecule has 0 unspecified atom stereocenters. The third-order valence-corrected chi connectivity index (χ3v) is 3.72. The Kier molecular flexibility index (Phi) is 3.35. The Morgan fingerprint density at radius 3 is 2.94 bits per heavy atom. The quantitative estimate of drug-likeness (QED) is 0.862. The van der Waals surface area contributed by atoms with Crippen molar-refractivity contribution in [3.05, 3.63) is 11.1 Å². The summed E-state index contributed by atoms with van der Waals surface area (Å²) in [5.74, 6) is -0.924. The minimum Gasteiger partial charge on any atom is -0.480 e. The van der Waals surface area contributed by atoms with Gasteiger partial charge in [0.1, 0.15) is 12.2 Å². The minimum atomic E-state index is -0.924. The van der Waals surface area contributed by atoms with E-state index < -0.39 is 5.97 Å². The number of aryl methyl sites for hydroxylation is 1. The lowest BCUT2D eigenvalue weighted by atomic mass is 9.97. The smallest absolute Gasteiger partial charge is 0.329 e. The average molecular weight is 256 g/mol. The maximum atomic E-state index is 10.4. The zero-order valence-electron chi connectivity index (χ0n) is 9.97. The summed E-state index contributed by atoms with van der Waals surface area (Å²) in [5.41, 5.74) is 0.751. The Morgan fingerprint density at radius 1 is 1.71 bits per heavy atom. The van der Waals surface area contributed by atoms with Gasteiger partial charge in [0.2, 0.25) is 0 Å². The van der Waals surface area contributed by atoms with Crippen LogP contribution >= 0.6 is 11.3 Å². The summed E-state index contributed by atoms with van der Waals surface area (Å²) >= 11 is 1.63. The monoisotopic (exact) mass is 256 g/mol. The fourth-order valence-corrected chi connectivity index (χ4v) is 2.74. The molecule has 1 fully saturated rings. The van der Waals surface area contributed by atoms with Crippen molar-refractivity contribution in [1.29, 1.82) is 0 Å². The van der Waals surface area contributed by atoms with E-state index in [9.17, 15) is 4.79 Å². The van der Waals surface area contributed by atoms with Crippen molar-refractivity contribution in [2.75, 3.05) is 24.6 Å². The highest BCUT2D eigenvalue weighted by atomic mass is 32.1. The lowest BCUT2D eigenvalue weighted by Crippen LogP contribution is -2.62. The lowest BCUT2D eigenvalue weighted by Gasteiger charge is -2.47. The molecule has 1 N–H and O–H groups in total. The molecule has 17 heavy (non-hydrogen) atoms. The molecule has 0 spiro atoms. The number of aliphatic carboxylic acids is 1. The summed E-state index contributed by atoms with van der Waals surface area (Å²) in [4.78, 5) is 17.0. The Labute approximate surface area is 104 Å². The third kappa shape index (κ3) is 2.76. The van der Waals surface area contributed by atoms with Crippen LogP contribution in [0.3, 0.4) is 0 Å². The van der Waals surface area contributed by atoms with E-state index in [0.29, 0.717) is 13.1 Å². The average Bonchev–Trinajstić information content (AvgIpc) is 2.70. The van der Waals surface area contributed by atoms with Crippen LogP contribution in [0, 0.1) is 0 Å². The number of carboxylic acids is 1. The van der Waals surface area contributed by atoms with Crippen molar-refractivity contribution >= 4 is 22.4 Å². The van der Waals surface area contributed by atoms with Gasteiger partial charge in [0.25, 0.3) is 0 Å². The third-order valence-electron chi connectivity index (χ3n) is 2.77. The number of hydrogen-bond acceptors (Lipinski definition) is 5. The second-order valence-electron chi connectivity index (χ2n) is 4.46. The normalized spacial score (nSPS) is 17.9. The lowest BCUT2D eigenvalue weighted by molar-refractivity contribution is -0.150. The van der Waals surface area contributed by atoms with Crippen LogP contribution in [0.25, 0.3) is 0 Å². The number of carboxylic acid groups (broad SMARTS) is 1. The van der Waals surface area contributed by atoms with E-state index in [1.807, 2.05) is 6.92 Å². The fraction of sp³-hybridized carbons (Fsp3) is 0.636. The van der Waals surface area contributed by atoms with Gasteiger partial charge in [0, 0.05) is 5.38 Å². The Morgan fingerprint density at radius 2 is 2.41 bits per heavy atom. The van der Waals surface area contributed by atoms with E-state index in [0.717, 1.165) is 17.2 Å². The minimum absolute atomic E-state index is 0.234. The topological polar surface area (TPSA) is 62.7 Å². The molecular weight excluding hydrogens is 240 g/mol. The van der Waals surface area contributed by atoms with Gasteiger partial charge in [0.05, 0.1) is 18.8 Å². The van der Waals surface area contributed by atoms with Crippen LogP contribution in [0.2, 0.25) is 0 Å². The number of thiazole rings is 1. The van der Waals surface area contributed by atoms with Gasteiger partial charge in [-0.1, -0.05) is 6.92 Å². The first-order valence-electron chi connectivity index (χ1n) is 5.57. The van der Waals surface area contributed by atoms with E-state index in [4.69, 9.17) is 9.84 Å². The first-order chi connectivity index (χ1) is 8.02. The standard InChI is InChI=1S/C11H16N2O3S/c1-3-8-5-17-10(12-8)13-6-11(2,7-13)16-4-9(14)15/h5H,3-4,6-7H2,1-2H3,(H,14,15). The summed E-state index contributed by atoms with van der Waals surface area (Å²) in [6.45, 7) is 5.19. The molecule has 94 valence electrons. The Bertz CT molecular complexity index is 413. The van der Waals surface area contributed by atoms with Crippen LogP contribution in [0.1, 0.15) is 19.5 Å². The highest BCUT2D eigenvalue weighted by Crippen LogP contribution is 2.32. The first-order valence-corrected chi connectivity index (χ1v) is 6.45. The molecule has 1 aliphatic heterocycles. The number of ether oxygens (including phenoxy) is 1. The van der Waals surface area contributed by atoms with E-state index in [2.05, 4.69) is 22.2 Å². The number of rotatable bonds is 5. The van der Waals surface area contributed by atoms with Gasteiger partial charge >= 0.3 is 5.97 Å². The maximum Gasteiger partial charge on any atom is 0.329 e. The van der Waals surface area contributed by atoms with Crippen LogP contribution < -0.4 is 4.90 Å². The van der Waals surface area contributed by atoms with Crippen LogP contribution in [0.4, 0.5) is 5.13 Å². The number of carbonyl (C=O) groups is 1. The summed E-state index contributed by atoms with van der Waals surface area (Å²) < 4.78 is 5.35. The first kappa shape index (κ1) is 12.3. The van der Waals surface area contributed by atoms with Gasteiger partial charge in [-0.3, -0.25) is 0 Å². The number of hydrogen-bond donors (Lipinski definition) is 1. The molecule has 1 aromatic heterocycles. The van der Waals surface area contributed by atoms with Crippen molar-refractivity contribution in [3.63, 3.8) is 0 Å². The molecule has 0 atom stereocenters. The molecule has 2 heterocycles. The molecule has 0 bridgehead atoms. The van der Waals surface area contributed by atoms with E-state index in [1.165, 1.54) is 0 Å². The van der Waals surface area contributed by atoms with Crippen molar-refractivity contribution < 1.29 is 14.6 Å². The maximum absolute atomic E-state index is 10.4. The van der Waals surface area contributed by atoms with Crippen molar-refractivity contribution in [2.45, 2.75) is 25.9 Å². The van der Waals surface area contributed by atoms with Gasteiger partial charge in [-0.25, -0.2) is 9.78 Å². The molecular formula is C11H16N2O3S. The molecule has 0 radical (unpaired) electrons. The highest BCUT2D eigenvalue weighted by molar-refractivity contribution is 7.13. The summed E-state index contributed by atoms with van der Waals surface area (Å²) in [5, 5.41) is 11.6. The molecule has 2 rings (SSSR count). The van der Waals surface area contributed by atoms with Crippen LogP contribution in [-0.4, -0.2) is 41.4 Å². The summed E-state index contributed by atoms with van der Waals surface area (Å²) in [6.07, 6.45) is 0.942. The van der Waals surface area contributed by atoms with Crippen LogP contribution in [0.15, 0.2) is 5.38 Å². The molecule has 0 amide bonds. The summed E-state index contributed by atoms with van der Waals surface area (Å²) in [6, 6.07) is 0. The zero-order chi connectivity index (χ0) is 12.5. The van der Waals surface area contributed by atoms with Gasteiger partial charge < -0.3 is 14.7 Å². The second-order valence-corrected chi connectivity index (χ2v) is 5.30. The van der Waals surface area contributed by atoms with E-state index >= 15 is 0 Å². The Balaban J connectivity index is 1.87. The number of nitrogens with zero attached hydrogens (tertiary/aromatic N) is 2. The van der Waals surface area contributed by atoms with E-state index in [-0.39, 0.29) is 12.2 Å². The molecule has 0 saturated carbocycles. The summed E-state index contributed by atoms with van der Waals surface area (Å²) in [7, 11) is 0. The fourth-order valence-electron chi connectivity index (χ4n) is 1.83. The molecule has 5 nitrogen and oxygen atoms in total. The van der Waals surface area contributed by atoms with Gasteiger partial charge in [0.15, 0.2) is 5.13 Å². The van der Waals surface area contributed by atoms with Crippen molar-refractivity contribution in [2.24, 2.45) is 0 Å². The SMILES string of the molecule is CCc1csc(N2CC(C)(OCC(=O)O)C2)n1. The second kappa shape index (κ2) is 4.62. The van der Waals surface area contributed by atoms with Crippen LogP contribution in [-0.2, 0) is 16.0 Å². The van der Waals surface area contributed by atoms with Crippen LogP contribution in [0.5, 0.6) is 0 Å². The highest BCUT2D eigenvalue weighted by Gasteiger charge is 2.41. The predicted octanol–water partition coefficient (Wildman–Crippen LogP) is 1.39. The molecule has 1 aliphatic rings. The molecule has 1 aromatic rings. The van der Waals surface area contributed by atoms with E-state index in [1.54, 1.807) is 11.3 Å². The van der Waals surface area contributed by atoms with Crippen molar-refractivity contribution in [3.8, 4) is 0 Å². The Hall–Kier alpha value is -1.14. The van der Waals surface area contributed by atoms with Crippen molar-refractivity contribution in [1.82, 2.24) is 4.98 Å². The molecule has 0 aromatic carbocycles. The predicted molar refractivity (Wildman–Crippen MR) is 65.7 cm³/mol. The molecule has 0 aliphatic carbocycles. The molecule has 6 heteroatoms. The van der Waals surface area contributed by atoms with Gasteiger partial charge in [-0.15, -0.1) is 11.3 Å². The number of anilines is 1.